The number of carbonyl (C=O) groups is 1. The molecule has 1 amide bonds. The molecule has 0 radical (unpaired) electrons. The molecule has 0 aliphatic carbocycles. The predicted octanol–water partition coefficient (Wildman–Crippen LogP) is 1.38. The Labute approximate surface area is 114 Å². The molecule has 19 heavy (non-hydrogen) atoms. The lowest BCUT2D eigenvalue weighted by atomic mass is 9.96. The molecule has 1 rings (SSSR count). The Bertz CT molecular complexity index is 396. The van der Waals surface area contributed by atoms with Crippen LogP contribution in [0, 0.1) is 0 Å². The molecule has 0 unspecified atom stereocenters. The highest BCUT2D eigenvalue weighted by Crippen LogP contribution is 2.17. The second kappa shape index (κ2) is 7.23. The van der Waals surface area contributed by atoms with Gasteiger partial charge in [0, 0.05) is 18.6 Å². The number of rotatable bonds is 7. The van der Waals surface area contributed by atoms with Gasteiger partial charge in [-0.1, -0.05) is 33.6 Å². The third kappa shape index (κ3) is 5.38. The Morgan fingerprint density at radius 2 is 1.95 bits per heavy atom. The summed E-state index contributed by atoms with van der Waals surface area (Å²) in [7, 11) is 0. The molecule has 6 nitrogen and oxygen atoms in total. The lowest BCUT2D eigenvalue weighted by molar-refractivity contribution is 0.0942. The van der Waals surface area contributed by atoms with E-state index in [4.69, 9.17) is 5.11 Å². The molecule has 0 fully saturated rings. The van der Waals surface area contributed by atoms with E-state index in [-0.39, 0.29) is 23.8 Å². The number of hydrogen-bond acceptors (Lipinski definition) is 4. The Balaban J connectivity index is 2.32. The number of H-pyrrole nitrogens is 1. The minimum atomic E-state index is -0.242. The first kappa shape index (κ1) is 15.6. The Hall–Kier alpha value is -1.43. The SMILES string of the molecule is CC(C)(C)c1nc(C(=O)NCCCCCCO)n[nH]1. The summed E-state index contributed by atoms with van der Waals surface area (Å²) in [5.74, 6) is 0.662. The maximum Gasteiger partial charge on any atom is 0.290 e. The van der Waals surface area contributed by atoms with Crippen LogP contribution >= 0.6 is 0 Å². The minimum Gasteiger partial charge on any atom is -0.396 e. The normalized spacial score (nSPS) is 11.6. The second-order valence-corrected chi connectivity index (χ2v) is 5.65. The largest absolute Gasteiger partial charge is 0.396 e. The first-order chi connectivity index (χ1) is 8.95. The van der Waals surface area contributed by atoms with E-state index in [0.29, 0.717) is 12.4 Å². The third-order valence-corrected chi connectivity index (χ3v) is 2.77. The van der Waals surface area contributed by atoms with E-state index in [9.17, 15) is 4.79 Å². The van der Waals surface area contributed by atoms with Gasteiger partial charge in [0.1, 0.15) is 5.82 Å². The monoisotopic (exact) mass is 268 g/mol. The van der Waals surface area contributed by atoms with Gasteiger partial charge in [-0.2, -0.15) is 0 Å². The van der Waals surface area contributed by atoms with Crippen LogP contribution in [0.15, 0.2) is 0 Å². The number of nitrogens with one attached hydrogen (secondary N) is 2. The van der Waals surface area contributed by atoms with Crippen LogP contribution in [0.2, 0.25) is 0 Å². The molecule has 1 aromatic heterocycles. The molecule has 0 aromatic carbocycles. The van der Waals surface area contributed by atoms with Crippen molar-refractivity contribution in [1.82, 2.24) is 20.5 Å². The summed E-state index contributed by atoms with van der Waals surface area (Å²) in [5.41, 5.74) is -0.143. The zero-order valence-corrected chi connectivity index (χ0v) is 12.0. The molecule has 0 bridgehead atoms. The molecule has 0 saturated heterocycles. The number of carbonyl (C=O) groups excluding carboxylic acids is 1. The van der Waals surface area contributed by atoms with Crippen molar-refractivity contribution in [3.8, 4) is 0 Å². The molecular weight excluding hydrogens is 244 g/mol. The first-order valence-electron chi connectivity index (χ1n) is 6.77. The van der Waals surface area contributed by atoms with Crippen LogP contribution in [0.1, 0.15) is 62.9 Å². The van der Waals surface area contributed by atoms with Crippen molar-refractivity contribution in [3.63, 3.8) is 0 Å². The molecule has 0 aliphatic heterocycles. The number of nitrogens with zero attached hydrogens (tertiary/aromatic N) is 2. The molecular formula is C13H24N4O2. The van der Waals surface area contributed by atoms with Crippen LogP contribution < -0.4 is 5.32 Å². The standard InChI is InChI=1S/C13H24N4O2/c1-13(2,3)12-15-10(16-17-12)11(19)14-8-6-4-5-7-9-18/h18H,4-9H2,1-3H3,(H,14,19)(H,15,16,17). The van der Waals surface area contributed by atoms with Gasteiger partial charge < -0.3 is 10.4 Å². The topological polar surface area (TPSA) is 90.9 Å². The summed E-state index contributed by atoms with van der Waals surface area (Å²) in [4.78, 5) is 16.0. The van der Waals surface area contributed by atoms with Gasteiger partial charge in [0.05, 0.1) is 0 Å². The third-order valence-electron chi connectivity index (χ3n) is 2.77. The molecule has 0 spiro atoms. The number of aliphatic hydroxyl groups is 1. The molecule has 0 atom stereocenters. The average Bonchev–Trinajstić information content (AvgIpc) is 2.82. The fourth-order valence-electron chi connectivity index (χ4n) is 1.57. The van der Waals surface area contributed by atoms with Gasteiger partial charge in [0.15, 0.2) is 0 Å². The van der Waals surface area contributed by atoms with E-state index < -0.39 is 0 Å². The highest BCUT2D eigenvalue weighted by Gasteiger charge is 2.20. The molecule has 1 heterocycles. The fourth-order valence-corrected chi connectivity index (χ4v) is 1.57. The Kier molecular flexibility index (Phi) is 5.95. The molecule has 1 aromatic rings. The van der Waals surface area contributed by atoms with Crippen LogP contribution in [0.3, 0.4) is 0 Å². The highest BCUT2D eigenvalue weighted by molar-refractivity contribution is 5.90. The van der Waals surface area contributed by atoms with E-state index in [1.54, 1.807) is 0 Å². The van der Waals surface area contributed by atoms with E-state index in [1.165, 1.54) is 0 Å². The molecule has 0 aliphatic rings. The van der Waals surface area contributed by atoms with Gasteiger partial charge in [-0.15, -0.1) is 5.10 Å². The van der Waals surface area contributed by atoms with Crippen molar-refractivity contribution in [3.05, 3.63) is 11.6 Å². The number of unbranched alkanes of at least 4 members (excludes halogenated alkanes) is 3. The smallest absolute Gasteiger partial charge is 0.290 e. The van der Waals surface area contributed by atoms with Crippen LogP contribution in [-0.2, 0) is 5.41 Å². The first-order valence-corrected chi connectivity index (χ1v) is 6.77. The zero-order chi connectivity index (χ0) is 14.3. The minimum absolute atomic E-state index is 0.143. The van der Waals surface area contributed by atoms with Gasteiger partial charge in [0.2, 0.25) is 5.82 Å². The molecule has 6 heteroatoms. The molecule has 3 N–H and O–H groups in total. The van der Waals surface area contributed by atoms with Crippen molar-refractivity contribution in [2.45, 2.75) is 51.9 Å². The maximum absolute atomic E-state index is 11.8. The van der Waals surface area contributed by atoms with E-state index in [1.807, 2.05) is 20.8 Å². The van der Waals surface area contributed by atoms with Crippen molar-refractivity contribution in [2.75, 3.05) is 13.2 Å². The van der Waals surface area contributed by atoms with E-state index in [0.717, 1.165) is 25.7 Å². The van der Waals surface area contributed by atoms with Crippen LogP contribution in [0.25, 0.3) is 0 Å². The zero-order valence-electron chi connectivity index (χ0n) is 12.0. The molecule has 0 saturated carbocycles. The predicted molar refractivity (Wildman–Crippen MR) is 73.0 cm³/mol. The van der Waals surface area contributed by atoms with Crippen molar-refractivity contribution < 1.29 is 9.90 Å². The number of aliphatic hydroxyl groups excluding tert-OH is 1. The van der Waals surface area contributed by atoms with Gasteiger partial charge in [-0.25, -0.2) is 4.98 Å². The van der Waals surface area contributed by atoms with Crippen LogP contribution in [0.4, 0.5) is 0 Å². The quantitative estimate of drug-likeness (QED) is 0.652. The summed E-state index contributed by atoms with van der Waals surface area (Å²) in [6, 6.07) is 0. The lowest BCUT2D eigenvalue weighted by Crippen LogP contribution is -2.25. The summed E-state index contributed by atoms with van der Waals surface area (Å²) in [6.45, 7) is 6.88. The van der Waals surface area contributed by atoms with Crippen LogP contribution in [-0.4, -0.2) is 39.3 Å². The number of amides is 1. The van der Waals surface area contributed by atoms with Gasteiger partial charge in [0.25, 0.3) is 5.91 Å². The average molecular weight is 268 g/mol. The number of hydrogen-bond donors (Lipinski definition) is 3. The summed E-state index contributed by atoms with van der Waals surface area (Å²) in [6.07, 6.45) is 3.72. The van der Waals surface area contributed by atoms with E-state index >= 15 is 0 Å². The highest BCUT2D eigenvalue weighted by atomic mass is 16.2. The van der Waals surface area contributed by atoms with E-state index in [2.05, 4.69) is 20.5 Å². The van der Waals surface area contributed by atoms with Crippen LogP contribution in [0.5, 0.6) is 0 Å². The number of aromatic amines is 1. The fraction of sp³-hybridized carbons (Fsp3) is 0.769. The summed E-state index contributed by atoms with van der Waals surface area (Å²) in [5, 5.41) is 18.2. The lowest BCUT2D eigenvalue weighted by Gasteiger charge is -2.12. The van der Waals surface area contributed by atoms with Crippen molar-refractivity contribution in [2.24, 2.45) is 0 Å². The second-order valence-electron chi connectivity index (χ2n) is 5.65. The van der Waals surface area contributed by atoms with Gasteiger partial charge >= 0.3 is 0 Å². The Morgan fingerprint density at radius 3 is 2.53 bits per heavy atom. The van der Waals surface area contributed by atoms with Gasteiger partial charge in [-0.05, 0) is 12.8 Å². The maximum atomic E-state index is 11.8. The molecule has 108 valence electrons. The van der Waals surface area contributed by atoms with Crippen molar-refractivity contribution in [1.29, 1.82) is 0 Å². The van der Waals surface area contributed by atoms with Crippen molar-refractivity contribution >= 4 is 5.91 Å². The van der Waals surface area contributed by atoms with Gasteiger partial charge in [-0.3, -0.25) is 9.89 Å². The summed E-state index contributed by atoms with van der Waals surface area (Å²) < 4.78 is 0. The number of aromatic nitrogens is 3. The summed E-state index contributed by atoms with van der Waals surface area (Å²) >= 11 is 0. The Morgan fingerprint density at radius 1 is 1.26 bits per heavy atom.